The molecule has 4 rings (SSSR count). The fraction of sp³-hybridized carbons (Fsp3) is 0.200. The highest BCUT2D eigenvalue weighted by atomic mass is 32.2. The Morgan fingerprint density at radius 3 is 2.75 bits per heavy atom. The zero-order valence-corrected chi connectivity index (χ0v) is 16.6. The van der Waals surface area contributed by atoms with Crippen molar-refractivity contribution < 1.29 is 12.9 Å². The van der Waals surface area contributed by atoms with Gasteiger partial charge in [0.15, 0.2) is 0 Å². The summed E-state index contributed by atoms with van der Waals surface area (Å²) in [6.45, 7) is 5.69. The number of aryl methyl sites for hydroxylation is 3. The van der Waals surface area contributed by atoms with E-state index in [1.807, 2.05) is 45.1 Å². The molecule has 2 aromatic heterocycles. The van der Waals surface area contributed by atoms with Crippen molar-refractivity contribution >= 4 is 27.0 Å². The Labute approximate surface area is 162 Å². The van der Waals surface area contributed by atoms with Gasteiger partial charge in [-0.15, -0.1) is 0 Å². The van der Waals surface area contributed by atoms with E-state index in [4.69, 9.17) is 4.52 Å². The summed E-state index contributed by atoms with van der Waals surface area (Å²) in [5, 5.41) is 4.01. The first-order valence-electron chi connectivity index (χ1n) is 8.85. The van der Waals surface area contributed by atoms with E-state index in [0.29, 0.717) is 11.9 Å². The van der Waals surface area contributed by atoms with Crippen LogP contribution in [0.3, 0.4) is 0 Å². The molecular formula is C20H20N4O3S. The molecule has 0 saturated carbocycles. The molecule has 1 aromatic carbocycles. The molecule has 0 fully saturated rings. The van der Waals surface area contributed by atoms with Crippen molar-refractivity contribution in [1.29, 1.82) is 0 Å². The minimum atomic E-state index is -3.72. The number of aromatic nitrogens is 3. The zero-order chi connectivity index (χ0) is 19.9. The number of allylic oxidation sites excluding steroid dienone is 5. The van der Waals surface area contributed by atoms with Crippen molar-refractivity contribution in [2.45, 2.75) is 27.2 Å². The molecule has 1 aliphatic carbocycles. The fourth-order valence-corrected chi connectivity index (χ4v) is 4.37. The Morgan fingerprint density at radius 1 is 1.18 bits per heavy atom. The number of nitrogens with one attached hydrogen (secondary N) is 2. The largest absolute Gasteiger partial charge is 0.361 e. The third kappa shape index (κ3) is 3.27. The second-order valence-electron chi connectivity index (χ2n) is 6.71. The number of hydrogen-bond acceptors (Lipinski definition) is 5. The molecule has 7 nitrogen and oxygen atoms in total. The minimum Gasteiger partial charge on any atom is -0.361 e. The molecule has 0 bridgehead atoms. The number of anilines is 1. The molecule has 8 heteroatoms. The van der Waals surface area contributed by atoms with Gasteiger partial charge in [-0.05, 0) is 56.5 Å². The molecule has 0 spiro atoms. The lowest BCUT2D eigenvalue weighted by Crippen LogP contribution is -2.15. The van der Waals surface area contributed by atoms with Gasteiger partial charge in [0, 0.05) is 5.56 Å². The first-order valence-corrected chi connectivity index (χ1v) is 10.3. The molecule has 28 heavy (non-hydrogen) atoms. The second-order valence-corrected chi connectivity index (χ2v) is 8.39. The van der Waals surface area contributed by atoms with E-state index in [-0.39, 0.29) is 10.9 Å². The first-order chi connectivity index (χ1) is 13.3. The van der Waals surface area contributed by atoms with Gasteiger partial charge in [0.05, 0.1) is 21.6 Å². The van der Waals surface area contributed by atoms with Gasteiger partial charge in [-0.3, -0.25) is 0 Å². The quantitative estimate of drug-likeness (QED) is 0.685. The predicted molar refractivity (Wildman–Crippen MR) is 109 cm³/mol. The van der Waals surface area contributed by atoms with Gasteiger partial charge in [-0.1, -0.05) is 29.5 Å². The summed E-state index contributed by atoms with van der Waals surface area (Å²) in [7, 11) is -3.72. The number of hydrogen-bond donors (Lipinski definition) is 2. The number of fused-ring (bicyclic) bond motifs is 1. The normalized spacial score (nSPS) is 14.3. The van der Waals surface area contributed by atoms with Gasteiger partial charge >= 0.3 is 0 Å². The second kappa shape index (κ2) is 6.79. The molecule has 1 aliphatic rings. The predicted octanol–water partition coefficient (Wildman–Crippen LogP) is 4.28. The van der Waals surface area contributed by atoms with E-state index in [1.54, 1.807) is 18.2 Å². The molecule has 3 aromatic rings. The number of sulfonamides is 1. The Bertz CT molecular complexity index is 1240. The number of nitrogens with zero attached hydrogens (tertiary/aromatic N) is 2. The van der Waals surface area contributed by atoms with E-state index >= 15 is 0 Å². The van der Waals surface area contributed by atoms with Crippen LogP contribution in [0.4, 0.5) is 5.95 Å². The van der Waals surface area contributed by atoms with Crippen LogP contribution in [-0.2, 0) is 10.0 Å². The molecule has 2 N–H and O–H groups in total. The summed E-state index contributed by atoms with van der Waals surface area (Å²) in [6, 6.07) is 3.92. The summed E-state index contributed by atoms with van der Waals surface area (Å²) in [5.74, 6) is 0.915. The lowest BCUT2D eigenvalue weighted by molar-refractivity contribution is 0.393. The number of rotatable bonds is 4. The zero-order valence-electron chi connectivity index (χ0n) is 15.8. The molecule has 0 saturated heterocycles. The molecule has 0 atom stereocenters. The van der Waals surface area contributed by atoms with Gasteiger partial charge in [-0.25, -0.2) is 18.1 Å². The Balaban J connectivity index is 1.72. The highest BCUT2D eigenvalue weighted by Crippen LogP contribution is 2.31. The molecule has 144 valence electrons. The number of imidazole rings is 1. The van der Waals surface area contributed by atoms with Crippen LogP contribution in [0.1, 0.15) is 23.4 Å². The summed E-state index contributed by atoms with van der Waals surface area (Å²) in [5.41, 5.74) is 5.05. The lowest BCUT2D eigenvalue weighted by Gasteiger charge is -2.05. The summed E-state index contributed by atoms with van der Waals surface area (Å²) in [6.07, 6.45) is 9.20. The summed E-state index contributed by atoms with van der Waals surface area (Å²) >= 11 is 0. The van der Waals surface area contributed by atoms with Crippen molar-refractivity contribution in [1.82, 2.24) is 15.1 Å². The minimum absolute atomic E-state index is 0.181. The molecule has 0 aliphatic heterocycles. The molecule has 2 heterocycles. The van der Waals surface area contributed by atoms with E-state index in [9.17, 15) is 8.42 Å². The van der Waals surface area contributed by atoms with E-state index in [0.717, 1.165) is 33.7 Å². The highest BCUT2D eigenvalue weighted by molar-refractivity contribution is 7.96. The van der Waals surface area contributed by atoms with Gasteiger partial charge in [-0.2, -0.15) is 0 Å². The maximum absolute atomic E-state index is 12.7. The Morgan fingerprint density at radius 2 is 2.00 bits per heavy atom. The number of benzene rings is 1. The van der Waals surface area contributed by atoms with Gasteiger partial charge in [0.25, 0.3) is 10.0 Å². The van der Waals surface area contributed by atoms with E-state index in [1.165, 1.54) is 0 Å². The Hall–Kier alpha value is -3.13. The fourth-order valence-electron chi connectivity index (χ4n) is 3.32. The lowest BCUT2D eigenvalue weighted by atomic mass is 10.0. The van der Waals surface area contributed by atoms with Crippen molar-refractivity contribution in [3.63, 3.8) is 0 Å². The van der Waals surface area contributed by atoms with Crippen LogP contribution in [-0.4, -0.2) is 23.5 Å². The standard InChI is InChI=1S/C20H20N4O3S/c1-12-10-15(18-13(2)23-27-14(18)3)11-17-19(12)22-20(21-17)24-28(25,26)16-8-6-4-5-7-9-16/h4-6,8-11H,7H2,1-3H3,(H2,21,22,24). The van der Waals surface area contributed by atoms with Crippen LogP contribution in [0.25, 0.3) is 22.2 Å². The number of aromatic amines is 1. The maximum atomic E-state index is 12.7. The summed E-state index contributed by atoms with van der Waals surface area (Å²) in [4.78, 5) is 7.71. The third-order valence-corrected chi connectivity index (χ3v) is 5.99. The van der Waals surface area contributed by atoms with Crippen LogP contribution < -0.4 is 4.72 Å². The van der Waals surface area contributed by atoms with Crippen molar-refractivity contribution in [3.8, 4) is 11.1 Å². The molecular weight excluding hydrogens is 376 g/mol. The van der Waals surface area contributed by atoms with Crippen molar-refractivity contribution in [3.05, 3.63) is 64.4 Å². The van der Waals surface area contributed by atoms with Crippen LogP contribution in [0.2, 0.25) is 0 Å². The van der Waals surface area contributed by atoms with Gasteiger partial charge in [0.2, 0.25) is 5.95 Å². The summed E-state index contributed by atoms with van der Waals surface area (Å²) < 4.78 is 33.1. The van der Waals surface area contributed by atoms with E-state index in [2.05, 4.69) is 19.8 Å². The van der Waals surface area contributed by atoms with Gasteiger partial charge in [0.1, 0.15) is 5.76 Å². The average molecular weight is 396 g/mol. The van der Waals surface area contributed by atoms with Crippen molar-refractivity contribution in [2.24, 2.45) is 0 Å². The van der Waals surface area contributed by atoms with E-state index < -0.39 is 10.0 Å². The molecule has 0 amide bonds. The van der Waals surface area contributed by atoms with Crippen LogP contribution >= 0.6 is 0 Å². The van der Waals surface area contributed by atoms with Crippen LogP contribution in [0, 0.1) is 20.8 Å². The third-order valence-electron chi connectivity index (χ3n) is 4.60. The van der Waals surface area contributed by atoms with Crippen LogP contribution in [0.15, 0.2) is 51.9 Å². The first kappa shape index (κ1) is 18.2. The van der Waals surface area contributed by atoms with Gasteiger partial charge < -0.3 is 9.51 Å². The van der Waals surface area contributed by atoms with Crippen molar-refractivity contribution in [2.75, 3.05) is 4.72 Å². The molecule has 0 radical (unpaired) electrons. The highest BCUT2D eigenvalue weighted by Gasteiger charge is 2.19. The Kier molecular flexibility index (Phi) is 4.43. The number of H-pyrrole nitrogens is 1. The topological polar surface area (TPSA) is 101 Å². The molecule has 0 unspecified atom stereocenters. The maximum Gasteiger partial charge on any atom is 0.263 e. The van der Waals surface area contributed by atoms with Crippen LogP contribution in [0.5, 0.6) is 0 Å². The smallest absolute Gasteiger partial charge is 0.263 e. The average Bonchev–Trinajstić information content (AvgIpc) is 3.04. The monoisotopic (exact) mass is 396 g/mol. The SMILES string of the molecule is Cc1noc(C)c1-c1cc(C)c2nc(NS(=O)(=O)C3=CCC=CC=C3)[nH]c2c1.